The molecule has 0 N–H and O–H groups in total. The minimum atomic E-state index is -6.00. The zero-order valence-corrected chi connectivity index (χ0v) is 7.49. The van der Waals surface area contributed by atoms with Gasteiger partial charge in [-0.1, -0.05) is 0 Å². The summed E-state index contributed by atoms with van der Waals surface area (Å²) in [6.45, 7) is 2.66. The zero-order chi connectivity index (χ0) is 8.91. The van der Waals surface area contributed by atoms with Crippen molar-refractivity contribution in [2.45, 2.75) is 12.8 Å². The monoisotopic (exact) mass is 191 g/mol. The van der Waals surface area contributed by atoms with Crippen molar-refractivity contribution in [1.29, 1.82) is 0 Å². The molecule has 0 aromatic heterocycles. The predicted molar refractivity (Wildman–Crippen MR) is 42.1 cm³/mol. The summed E-state index contributed by atoms with van der Waals surface area (Å²) in [7, 11) is -4.00. The van der Waals surface area contributed by atoms with E-state index in [2.05, 4.69) is 4.67 Å². The Kier molecular flexibility index (Phi) is 5.01. The van der Waals surface area contributed by atoms with E-state index in [1.807, 2.05) is 9.39 Å². The highest BCUT2D eigenvalue weighted by atomic mass is 31.0. The number of hydrogen-bond acceptors (Lipinski definition) is 1. The normalized spacial score (nSPS) is 19.6. The molecule has 0 aliphatic carbocycles. The molecule has 1 unspecified atom stereocenters. The van der Waals surface area contributed by atoms with Crippen LogP contribution in [0.2, 0.25) is 0 Å². The van der Waals surface area contributed by atoms with Crippen LogP contribution in [-0.2, 0) is 0 Å². The van der Waals surface area contributed by atoms with E-state index in [9.17, 15) is 17.3 Å². The van der Waals surface area contributed by atoms with Crippen molar-refractivity contribution in [3.05, 3.63) is 0 Å². The van der Waals surface area contributed by atoms with Crippen LogP contribution in [-0.4, -0.2) is 25.0 Å². The van der Waals surface area contributed by atoms with Gasteiger partial charge in [0.05, 0.1) is 0 Å². The number of nitrogens with zero attached hydrogens (tertiary/aromatic N) is 1. The van der Waals surface area contributed by atoms with Gasteiger partial charge in [-0.15, -0.1) is 0 Å². The lowest BCUT2D eigenvalue weighted by molar-refractivity contribution is 0.368. The van der Waals surface area contributed by atoms with Crippen molar-refractivity contribution in [3.63, 3.8) is 0 Å². The quantitative estimate of drug-likeness (QED) is 0.321. The first-order chi connectivity index (χ1) is 4.89. The molecule has 1 aliphatic rings. The lowest BCUT2D eigenvalue weighted by Crippen LogP contribution is -2.02. The molecule has 1 aliphatic heterocycles. The molecular weight excluding hydrogens is 180 g/mol. The molecule has 0 bridgehead atoms. The van der Waals surface area contributed by atoms with E-state index in [4.69, 9.17) is 0 Å². The molecule has 0 saturated carbocycles. The Hall–Kier alpha value is 0.175. The number of rotatable bonds is 0. The first-order valence-corrected chi connectivity index (χ1v) is 3.95. The third kappa shape index (κ3) is 13.2. The second-order valence-corrected chi connectivity index (χ2v) is 3.21. The van der Waals surface area contributed by atoms with E-state index >= 15 is 0 Å². The molecule has 1 fully saturated rings. The van der Waals surface area contributed by atoms with Crippen LogP contribution in [0.15, 0.2) is 0 Å². The zero-order valence-electron chi connectivity index (χ0n) is 6.07. The van der Waals surface area contributed by atoms with Crippen molar-refractivity contribution >= 4 is 16.6 Å². The Labute approximate surface area is 65.5 Å². The van der Waals surface area contributed by atoms with E-state index in [-0.39, 0.29) is 0 Å². The molecule has 1 heterocycles. The molecule has 0 aromatic carbocycles. The van der Waals surface area contributed by atoms with Crippen LogP contribution < -0.4 is 0 Å². The standard InChI is InChI=1S/C4H10NP.BF4/c6-5-3-1-2-4-5;2-1(3,4)5/h1-4,6H2;/q;-1/p+1. The predicted octanol–water partition coefficient (Wildman–Crippen LogP) is 1.90. The Morgan fingerprint density at radius 3 is 1.36 bits per heavy atom. The molecule has 0 aromatic rings. The second kappa shape index (κ2) is 4.93. The van der Waals surface area contributed by atoms with Gasteiger partial charge in [0.15, 0.2) is 0 Å². The molecule has 1 rings (SSSR count). The molecule has 7 heteroatoms. The smallest absolute Gasteiger partial charge is 0.418 e. The molecule has 0 radical (unpaired) electrons. The summed E-state index contributed by atoms with van der Waals surface area (Å²) >= 11 is 0. The first-order valence-electron chi connectivity index (χ1n) is 3.32. The van der Waals surface area contributed by atoms with Crippen LogP contribution in [0.4, 0.5) is 17.3 Å². The maximum absolute atomic E-state index is 9.75. The molecule has 0 amide bonds. The van der Waals surface area contributed by atoms with Crippen LogP contribution in [0.25, 0.3) is 0 Å². The van der Waals surface area contributed by atoms with E-state index in [0.29, 0.717) is 0 Å². The van der Waals surface area contributed by atoms with Crippen LogP contribution in [0, 0.1) is 0 Å². The van der Waals surface area contributed by atoms with Crippen molar-refractivity contribution in [1.82, 2.24) is 4.67 Å². The maximum atomic E-state index is 9.75. The highest BCUT2D eigenvalue weighted by molar-refractivity contribution is 7.13. The summed E-state index contributed by atoms with van der Waals surface area (Å²) < 4.78 is 41.4. The highest BCUT2D eigenvalue weighted by Crippen LogP contribution is 2.10. The first kappa shape index (κ1) is 11.2. The lowest BCUT2D eigenvalue weighted by Gasteiger charge is -1.94. The molecule has 0 spiro atoms. The molecule has 68 valence electrons. The lowest BCUT2D eigenvalue weighted by atomic mass is 10.3. The van der Waals surface area contributed by atoms with Crippen molar-refractivity contribution in [2.24, 2.45) is 0 Å². The largest absolute Gasteiger partial charge is 0.673 e. The Morgan fingerprint density at radius 1 is 1.00 bits per heavy atom. The fourth-order valence-corrected chi connectivity index (χ4v) is 1.23. The van der Waals surface area contributed by atoms with Crippen LogP contribution in [0.1, 0.15) is 12.8 Å². The summed E-state index contributed by atoms with van der Waals surface area (Å²) in [5.74, 6) is 0. The van der Waals surface area contributed by atoms with Crippen LogP contribution in [0.3, 0.4) is 0 Å². The molecular formula is C4H11BF4NP. The van der Waals surface area contributed by atoms with E-state index in [1.165, 1.54) is 25.9 Å². The Bertz CT molecular complexity index is 96.8. The van der Waals surface area contributed by atoms with Crippen molar-refractivity contribution in [2.75, 3.05) is 13.1 Å². The highest BCUT2D eigenvalue weighted by Gasteiger charge is 2.20. The minimum Gasteiger partial charge on any atom is -0.418 e. The Morgan fingerprint density at radius 2 is 1.27 bits per heavy atom. The average molecular weight is 191 g/mol. The van der Waals surface area contributed by atoms with Crippen molar-refractivity contribution < 1.29 is 17.3 Å². The molecule has 1 saturated heterocycles. The summed E-state index contributed by atoms with van der Waals surface area (Å²) in [5, 5.41) is 0. The minimum absolute atomic E-state index is 1.33. The maximum Gasteiger partial charge on any atom is 0.673 e. The van der Waals surface area contributed by atoms with Gasteiger partial charge in [0.1, 0.15) is 0 Å². The average Bonchev–Trinajstić information content (AvgIpc) is 2.12. The van der Waals surface area contributed by atoms with E-state index in [0.717, 1.165) is 0 Å². The van der Waals surface area contributed by atoms with Gasteiger partial charge in [-0.25, -0.2) is 0 Å². The number of hydrogen-bond donors (Lipinski definition) is 0. The molecule has 11 heavy (non-hydrogen) atoms. The topological polar surface area (TPSA) is 3.24 Å². The third-order valence-electron chi connectivity index (χ3n) is 1.20. The van der Waals surface area contributed by atoms with E-state index < -0.39 is 7.25 Å². The van der Waals surface area contributed by atoms with Gasteiger partial charge >= 0.3 is 7.25 Å². The fraction of sp³-hybridized carbons (Fsp3) is 1.00. The second-order valence-electron chi connectivity index (χ2n) is 2.32. The molecule has 1 nitrogen and oxygen atoms in total. The van der Waals surface area contributed by atoms with Crippen LogP contribution >= 0.6 is 9.39 Å². The summed E-state index contributed by atoms with van der Waals surface area (Å²) in [5.41, 5.74) is 0. The van der Waals surface area contributed by atoms with Gasteiger partial charge in [-0.05, 0) is 12.8 Å². The van der Waals surface area contributed by atoms with Crippen LogP contribution in [0.5, 0.6) is 0 Å². The van der Waals surface area contributed by atoms with Gasteiger partial charge in [0, 0.05) is 22.5 Å². The number of halogens is 4. The fourth-order valence-electron chi connectivity index (χ4n) is 0.783. The third-order valence-corrected chi connectivity index (χ3v) is 1.83. The van der Waals surface area contributed by atoms with Gasteiger partial charge < -0.3 is 17.3 Å². The SMILES string of the molecule is F[B-](F)(F)F.[PH3+]N1CCCC1. The van der Waals surface area contributed by atoms with Gasteiger partial charge in [-0.2, -0.15) is 4.67 Å². The Balaban J connectivity index is 0.000000187. The van der Waals surface area contributed by atoms with Crippen molar-refractivity contribution in [3.8, 4) is 0 Å². The van der Waals surface area contributed by atoms with Gasteiger partial charge in [-0.3, -0.25) is 0 Å². The van der Waals surface area contributed by atoms with Gasteiger partial charge in [0.25, 0.3) is 0 Å². The summed E-state index contributed by atoms with van der Waals surface area (Å²) in [4.78, 5) is 0. The van der Waals surface area contributed by atoms with E-state index in [1.54, 1.807) is 0 Å². The van der Waals surface area contributed by atoms with Gasteiger partial charge in [0.2, 0.25) is 0 Å². The summed E-state index contributed by atoms with van der Waals surface area (Å²) in [6, 6.07) is 0. The molecule has 1 atom stereocenters. The summed E-state index contributed by atoms with van der Waals surface area (Å²) in [6.07, 6.45) is 2.84.